The van der Waals surface area contributed by atoms with Crippen molar-refractivity contribution in [1.29, 1.82) is 0 Å². The molecular formula is C19H30N6O. The summed E-state index contributed by atoms with van der Waals surface area (Å²) in [5.41, 5.74) is 0.955. The molecule has 0 radical (unpaired) electrons. The lowest BCUT2D eigenvalue weighted by molar-refractivity contribution is 0.180. The fraction of sp³-hybridized carbons (Fsp3) is 0.737. The number of rotatable bonds is 6. The van der Waals surface area contributed by atoms with Gasteiger partial charge in [0.2, 0.25) is 0 Å². The van der Waals surface area contributed by atoms with E-state index in [1.54, 1.807) is 0 Å². The lowest BCUT2D eigenvalue weighted by Crippen LogP contribution is -2.33. The van der Waals surface area contributed by atoms with E-state index in [1.807, 2.05) is 13.0 Å². The SMILES string of the molecule is CCn1c(CN2CCCC2)nnc1C1CCN(Cc2cc(C)no2)CC1. The Morgan fingerprint density at radius 2 is 1.77 bits per heavy atom. The van der Waals surface area contributed by atoms with Crippen molar-refractivity contribution in [3.8, 4) is 0 Å². The summed E-state index contributed by atoms with van der Waals surface area (Å²) in [4.78, 5) is 4.95. The summed E-state index contributed by atoms with van der Waals surface area (Å²) in [5.74, 6) is 3.81. The molecule has 0 amide bonds. The minimum Gasteiger partial charge on any atom is -0.360 e. The van der Waals surface area contributed by atoms with Crippen molar-refractivity contribution in [2.45, 2.75) is 65.1 Å². The zero-order valence-electron chi connectivity index (χ0n) is 16.0. The van der Waals surface area contributed by atoms with Crippen LogP contribution in [0.5, 0.6) is 0 Å². The summed E-state index contributed by atoms with van der Waals surface area (Å²) >= 11 is 0. The van der Waals surface area contributed by atoms with E-state index in [-0.39, 0.29) is 0 Å². The molecular weight excluding hydrogens is 328 g/mol. The Labute approximate surface area is 155 Å². The van der Waals surface area contributed by atoms with Gasteiger partial charge in [-0.05, 0) is 65.7 Å². The highest BCUT2D eigenvalue weighted by atomic mass is 16.5. The Bertz CT molecular complexity index is 709. The highest BCUT2D eigenvalue weighted by Gasteiger charge is 2.27. The van der Waals surface area contributed by atoms with Gasteiger partial charge in [0.05, 0.1) is 18.8 Å². The molecule has 4 rings (SSSR count). The van der Waals surface area contributed by atoms with E-state index in [2.05, 4.69) is 36.6 Å². The average molecular weight is 358 g/mol. The van der Waals surface area contributed by atoms with Gasteiger partial charge in [-0.1, -0.05) is 5.16 Å². The Hall–Kier alpha value is -1.73. The summed E-state index contributed by atoms with van der Waals surface area (Å²) in [6, 6.07) is 2.03. The molecule has 0 aromatic carbocycles. The van der Waals surface area contributed by atoms with Gasteiger partial charge in [-0.2, -0.15) is 0 Å². The molecule has 7 heteroatoms. The van der Waals surface area contributed by atoms with Crippen molar-refractivity contribution < 1.29 is 4.52 Å². The van der Waals surface area contributed by atoms with Gasteiger partial charge in [0.1, 0.15) is 11.6 Å². The average Bonchev–Trinajstić information content (AvgIpc) is 3.38. The first-order valence-corrected chi connectivity index (χ1v) is 10.0. The van der Waals surface area contributed by atoms with E-state index in [9.17, 15) is 0 Å². The number of hydrogen-bond donors (Lipinski definition) is 0. The second kappa shape index (κ2) is 7.88. The second-order valence-electron chi connectivity index (χ2n) is 7.69. The maximum absolute atomic E-state index is 5.36. The fourth-order valence-electron chi connectivity index (χ4n) is 4.31. The topological polar surface area (TPSA) is 63.2 Å². The summed E-state index contributed by atoms with van der Waals surface area (Å²) in [5, 5.41) is 13.1. The van der Waals surface area contributed by atoms with Crippen LogP contribution in [0.1, 0.15) is 61.6 Å². The van der Waals surface area contributed by atoms with Gasteiger partial charge >= 0.3 is 0 Å². The van der Waals surface area contributed by atoms with Crippen LogP contribution in [0.2, 0.25) is 0 Å². The molecule has 2 aromatic heterocycles. The van der Waals surface area contributed by atoms with Gasteiger partial charge in [0.25, 0.3) is 0 Å². The molecule has 0 saturated carbocycles. The smallest absolute Gasteiger partial charge is 0.150 e. The van der Waals surface area contributed by atoms with E-state index in [4.69, 9.17) is 4.52 Å². The van der Waals surface area contributed by atoms with Crippen molar-refractivity contribution in [2.75, 3.05) is 26.2 Å². The minimum absolute atomic E-state index is 0.516. The highest BCUT2D eigenvalue weighted by molar-refractivity contribution is 5.06. The van der Waals surface area contributed by atoms with Crippen molar-refractivity contribution in [3.63, 3.8) is 0 Å². The van der Waals surface area contributed by atoms with Crippen LogP contribution in [0.25, 0.3) is 0 Å². The molecule has 2 aromatic rings. The molecule has 2 saturated heterocycles. The van der Waals surface area contributed by atoms with Gasteiger partial charge < -0.3 is 9.09 Å². The van der Waals surface area contributed by atoms with E-state index in [0.717, 1.165) is 62.8 Å². The number of piperidine rings is 1. The first-order valence-electron chi connectivity index (χ1n) is 10.0. The third kappa shape index (κ3) is 3.83. The van der Waals surface area contributed by atoms with Crippen molar-refractivity contribution in [2.24, 2.45) is 0 Å². The summed E-state index contributed by atoms with van der Waals surface area (Å²) < 4.78 is 7.72. The van der Waals surface area contributed by atoms with Crippen LogP contribution in [0.4, 0.5) is 0 Å². The molecule has 0 N–H and O–H groups in total. The van der Waals surface area contributed by atoms with Crippen molar-refractivity contribution in [1.82, 2.24) is 29.7 Å². The summed E-state index contributed by atoms with van der Waals surface area (Å²) in [6.45, 7) is 11.5. The van der Waals surface area contributed by atoms with Crippen LogP contribution >= 0.6 is 0 Å². The Kier molecular flexibility index (Phi) is 5.36. The third-order valence-electron chi connectivity index (χ3n) is 5.74. The van der Waals surface area contributed by atoms with E-state index < -0.39 is 0 Å². The van der Waals surface area contributed by atoms with Crippen LogP contribution in [0.15, 0.2) is 10.6 Å². The molecule has 0 aliphatic carbocycles. The van der Waals surface area contributed by atoms with Crippen LogP contribution in [0.3, 0.4) is 0 Å². The third-order valence-corrected chi connectivity index (χ3v) is 5.74. The molecule has 2 aliphatic heterocycles. The van der Waals surface area contributed by atoms with Gasteiger partial charge in [0, 0.05) is 18.5 Å². The number of aryl methyl sites for hydroxylation is 1. The highest BCUT2D eigenvalue weighted by Crippen LogP contribution is 2.28. The predicted molar refractivity (Wildman–Crippen MR) is 98.7 cm³/mol. The molecule has 2 fully saturated rings. The molecule has 26 heavy (non-hydrogen) atoms. The standard InChI is InChI=1S/C19H30N6O/c1-3-25-18(14-23-8-4-5-9-23)20-21-19(25)16-6-10-24(11-7-16)13-17-12-15(2)22-26-17/h12,16H,3-11,13-14H2,1-2H3. The molecule has 2 aliphatic rings. The summed E-state index contributed by atoms with van der Waals surface area (Å²) in [7, 11) is 0. The largest absolute Gasteiger partial charge is 0.360 e. The summed E-state index contributed by atoms with van der Waals surface area (Å²) in [6.07, 6.45) is 4.90. The zero-order valence-corrected chi connectivity index (χ0v) is 16.0. The Balaban J connectivity index is 1.37. The zero-order chi connectivity index (χ0) is 17.9. The Morgan fingerprint density at radius 1 is 1.04 bits per heavy atom. The first-order chi connectivity index (χ1) is 12.7. The van der Waals surface area contributed by atoms with Crippen LogP contribution in [-0.4, -0.2) is 55.9 Å². The monoisotopic (exact) mass is 358 g/mol. The van der Waals surface area contributed by atoms with Crippen LogP contribution < -0.4 is 0 Å². The molecule has 142 valence electrons. The maximum atomic E-state index is 5.36. The Morgan fingerprint density at radius 3 is 2.42 bits per heavy atom. The lowest BCUT2D eigenvalue weighted by Gasteiger charge is -2.30. The van der Waals surface area contributed by atoms with E-state index >= 15 is 0 Å². The number of likely N-dealkylation sites (tertiary alicyclic amines) is 2. The van der Waals surface area contributed by atoms with Gasteiger partial charge in [-0.25, -0.2) is 0 Å². The van der Waals surface area contributed by atoms with Crippen molar-refractivity contribution in [3.05, 3.63) is 29.2 Å². The van der Waals surface area contributed by atoms with Gasteiger partial charge in [-0.15, -0.1) is 10.2 Å². The van der Waals surface area contributed by atoms with E-state index in [0.29, 0.717) is 5.92 Å². The van der Waals surface area contributed by atoms with Crippen LogP contribution in [0, 0.1) is 6.92 Å². The molecule has 7 nitrogen and oxygen atoms in total. The number of aromatic nitrogens is 4. The van der Waals surface area contributed by atoms with E-state index in [1.165, 1.54) is 31.8 Å². The lowest BCUT2D eigenvalue weighted by atomic mass is 9.95. The predicted octanol–water partition coefficient (Wildman–Crippen LogP) is 2.57. The number of hydrogen-bond acceptors (Lipinski definition) is 6. The van der Waals surface area contributed by atoms with Gasteiger partial charge in [0.15, 0.2) is 5.76 Å². The van der Waals surface area contributed by atoms with Crippen molar-refractivity contribution >= 4 is 0 Å². The normalized spacial score (nSPS) is 20.2. The molecule has 4 heterocycles. The minimum atomic E-state index is 0.516. The first kappa shape index (κ1) is 17.7. The van der Waals surface area contributed by atoms with Gasteiger partial charge in [-0.3, -0.25) is 9.80 Å². The fourth-order valence-corrected chi connectivity index (χ4v) is 4.31. The molecule has 0 bridgehead atoms. The quantitative estimate of drug-likeness (QED) is 0.791. The maximum Gasteiger partial charge on any atom is 0.150 e. The molecule has 0 spiro atoms. The molecule has 0 atom stereocenters. The number of nitrogens with zero attached hydrogens (tertiary/aromatic N) is 6. The second-order valence-corrected chi connectivity index (χ2v) is 7.69. The van der Waals surface area contributed by atoms with Crippen LogP contribution in [-0.2, 0) is 19.6 Å². The molecule has 0 unspecified atom stereocenters.